The third-order valence-electron chi connectivity index (χ3n) is 3.40. The number of hydrogen-bond donors (Lipinski definition) is 1. The number of hydrogen-bond acceptors (Lipinski definition) is 2. The van der Waals surface area contributed by atoms with Crippen molar-refractivity contribution in [2.24, 2.45) is 11.3 Å². The quantitative estimate of drug-likeness (QED) is 0.596. The van der Waals surface area contributed by atoms with Gasteiger partial charge >= 0.3 is 0 Å². The van der Waals surface area contributed by atoms with Gasteiger partial charge in [-0.3, -0.25) is 0 Å². The third-order valence-corrected chi connectivity index (χ3v) is 4.92. The molecule has 2 aliphatic heterocycles. The number of thioether (sulfide) groups is 1. The van der Waals surface area contributed by atoms with Crippen LogP contribution >= 0.6 is 11.8 Å². The van der Waals surface area contributed by atoms with Crippen LogP contribution < -0.4 is 5.32 Å². The first kappa shape index (κ1) is 7.93. The van der Waals surface area contributed by atoms with Crippen molar-refractivity contribution in [3.05, 3.63) is 0 Å². The zero-order chi connectivity index (χ0) is 7.73. The summed E-state index contributed by atoms with van der Waals surface area (Å²) in [6, 6.07) is 0. The number of rotatable bonds is 0. The van der Waals surface area contributed by atoms with Crippen LogP contribution in [0.15, 0.2) is 0 Å². The van der Waals surface area contributed by atoms with Gasteiger partial charge in [-0.15, -0.1) is 0 Å². The molecule has 2 rings (SSSR count). The summed E-state index contributed by atoms with van der Waals surface area (Å²) >= 11 is 2.16. The van der Waals surface area contributed by atoms with E-state index in [2.05, 4.69) is 24.0 Å². The summed E-state index contributed by atoms with van der Waals surface area (Å²) in [5, 5.41) is 3.45. The van der Waals surface area contributed by atoms with Crippen molar-refractivity contribution in [3.8, 4) is 0 Å². The van der Waals surface area contributed by atoms with Crippen LogP contribution in [0.4, 0.5) is 0 Å². The summed E-state index contributed by atoms with van der Waals surface area (Å²) in [7, 11) is 0. The molecule has 2 saturated heterocycles. The molecule has 2 heteroatoms. The van der Waals surface area contributed by atoms with Gasteiger partial charge in [0, 0.05) is 0 Å². The highest BCUT2D eigenvalue weighted by Crippen LogP contribution is 2.46. The molecule has 1 unspecified atom stereocenters. The summed E-state index contributed by atoms with van der Waals surface area (Å²) in [6.45, 7) is 4.95. The van der Waals surface area contributed by atoms with E-state index in [1.807, 2.05) is 0 Å². The van der Waals surface area contributed by atoms with Crippen molar-refractivity contribution in [2.75, 3.05) is 24.6 Å². The lowest BCUT2D eigenvalue weighted by Crippen LogP contribution is -2.40. The molecule has 1 atom stereocenters. The Balaban J connectivity index is 2.06. The highest BCUT2D eigenvalue weighted by molar-refractivity contribution is 7.99. The van der Waals surface area contributed by atoms with Crippen molar-refractivity contribution in [1.82, 2.24) is 5.32 Å². The first-order valence-corrected chi connectivity index (χ1v) is 5.77. The maximum atomic E-state index is 3.45. The molecule has 2 aliphatic rings. The summed E-state index contributed by atoms with van der Waals surface area (Å²) in [5.41, 5.74) is 0.732. The van der Waals surface area contributed by atoms with E-state index in [1.165, 1.54) is 37.4 Å². The second-order valence-electron chi connectivity index (χ2n) is 4.03. The minimum atomic E-state index is 0.732. The molecule has 0 radical (unpaired) electrons. The van der Waals surface area contributed by atoms with Crippen LogP contribution in [0.5, 0.6) is 0 Å². The molecule has 2 heterocycles. The smallest absolute Gasteiger partial charge is 0.000690 e. The molecule has 0 amide bonds. The fourth-order valence-electron chi connectivity index (χ4n) is 2.32. The number of nitrogens with one attached hydrogen (secondary N) is 1. The van der Waals surface area contributed by atoms with E-state index in [-0.39, 0.29) is 0 Å². The van der Waals surface area contributed by atoms with E-state index >= 15 is 0 Å². The Bertz CT molecular complexity index is 140. The summed E-state index contributed by atoms with van der Waals surface area (Å²) in [4.78, 5) is 0. The topological polar surface area (TPSA) is 12.0 Å². The molecule has 11 heavy (non-hydrogen) atoms. The molecule has 0 aliphatic carbocycles. The van der Waals surface area contributed by atoms with Crippen LogP contribution in [0, 0.1) is 11.3 Å². The van der Waals surface area contributed by atoms with Crippen molar-refractivity contribution in [2.45, 2.75) is 19.8 Å². The Morgan fingerprint density at radius 3 is 2.64 bits per heavy atom. The van der Waals surface area contributed by atoms with E-state index in [0.29, 0.717) is 0 Å². The van der Waals surface area contributed by atoms with Gasteiger partial charge in [-0.25, -0.2) is 0 Å². The maximum Gasteiger partial charge on any atom is -0.000690 e. The summed E-state index contributed by atoms with van der Waals surface area (Å²) < 4.78 is 0. The summed E-state index contributed by atoms with van der Waals surface area (Å²) in [5.74, 6) is 3.80. The fraction of sp³-hybridized carbons (Fsp3) is 1.00. The minimum absolute atomic E-state index is 0.732. The predicted octanol–water partition coefficient (Wildman–Crippen LogP) is 1.74. The van der Waals surface area contributed by atoms with Crippen LogP contribution in [0.25, 0.3) is 0 Å². The molecular weight excluding hydrogens is 154 g/mol. The van der Waals surface area contributed by atoms with Crippen LogP contribution in [0.3, 0.4) is 0 Å². The third kappa shape index (κ3) is 1.31. The minimum Gasteiger partial charge on any atom is -0.317 e. The molecule has 0 aromatic rings. The van der Waals surface area contributed by atoms with Crippen LogP contribution in [-0.2, 0) is 0 Å². The summed E-state index contributed by atoms with van der Waals surface area (Å²) in [6.07, 6.45) is 2.84. The molecule has 1 nitrogen and oxygen atoms in total. The zero-order valence-corrected chi connectivity index (χ0v) is 8.04. The molecule has 1 N–H and O–H groups in total. The molecule has 64 valence electrons. The average molecular weight is 171 g/mol. The fourth-order valence-corrected chi connectivity index (χ4v) is 4.12. The highest BCUT2D eigenvalue weighted by atomic mass is 32.2. The van der Waals surface area contributed by atoms with Gasteiger partial charge in [0.1, 0.15) is 0 Å². The lowest BCUT2D eigenvalue weighted by molar-refractivity contribution is 0.174. The zero-order valence-electron chi connectivity index (χ0n) is 7.23. The van der Waals surface area contributed by atoms with Crippen molar-refractivity contribution >= 4 is 11.8 Å². The largest absolute Gasteiger partial charge is 0.317 e. The maximum absolute atomic E-state index is 3.45. The Morgan fingerprint density at radius 1 is 1.36 bits per heavy atom. The number of piperidine rings is 1. The van der Waals surface area contributed by atoms with Gasteiger partial charge in [-0.2, -0.15) is 11.8 Å². The van der Waals surface area contributed by atoms with Gasteiger partial charge in [0.25, 0.3) is 0 Å². The molecule has 0 aromatic carbocycles. The van der Waals surface area contributed by atoms with Gasteiger partial charge in [0.2, 0.25) is 0 Å². The van der Waals surface area contributed by atoms with Crippen LogP contribution in [0.1, 0.15) is 19.8 Å². The van der Waals surface area contributed by atoms with Crippen molar-refractivity contribution in [1.29, 1.82) is 0 Å². The highest BCUT2D eigenvalue weighted by Gasteiger charge is 2.40. The first-order valence-electron chi connectivity index (χ1n) is 4.62. The van der Waals surface area contributed by atoms with E-state index in [4.69, 9.17) is 0 Å². The van der Waals surface area contributed by atoms with Crippen LogP contribution in [0.2, 0.25) is 0 Å². The second kappa shape index (κ2) is 2.98. The average Bonchev–Trinajstić information content (AvgIpc) is 2.36. The Morgan fingerprint density at radius 2 is 2.09 bits per heavy atom. The molecule has 0 aromatic heterocycles. The van der Waals surface area contributed by atoms with Gasteiger partial charge < -0.3 is 5.32 Å². The lowest BCUT2D eigenvalue weighted by atomic mass is 9.72. The van der Waals surface area contributed by atoms with Gasteiger partial charge in [-0.1, -0.05) is 6.92 Å². The molecular formula is C9H17NS. The standard InChI is InChI=1S/C9H17NS/c1-8-6-11-7-9(8)2-4-10-5-3-9/h8,10H,2-7H2,1H3. The molecule has 0 bridgehead atoms. The predicted molar refractivity (Wildman–Crippen MR) is 51.0 cm³/mol. The monoisotopic (exact) mass is 171 g/mol. The first-order chi connectivity index (χ1) is 5.33. The normalized spacial score (nSPS) is 36.3. The van der Waals surface area contributed by atoms with E-state index in [0.717, 1.165) is 11.3 Å². The van der Waals surface area contributed by atoms with Gasteiger partial charge in [0.15, 0.2) is 0 Å². The van der Waals surface area contributed by atoms with Gasteiger partial charge in [-0.05, 0) is 48.8 Å². The molecule has 2 fully saturated rings. The SMILES string of the molecule is CC1CSCC12CCNCC2. The van der Waals surface area contributed by atoms with E-state index in [1.54, 1.807) is 0 Å². The molecule has 1 spiro atoms. The second-order valence-corrected chi connectivity index (χ2v) is 5.06. The molecule has 0 saturated carbocycles. The van der Waals surface area contributed by atoms with Crippen molar-refractivity contribution in [3.63, 3.8) is 0 Å². The van der Waals surface area contributed by atoms with Crippen molar-refractivity contribution < 1.29 is 0 Å². The Labute approximate surface area is 73.3 Å². The van der Waals surface area contributed by atoms with Gasteiger partial charge in [0.05, 0.1) is 0 Å². The Hall–Kier alpha value is 0.310. The van der Waals surface area contributed by atoms with E-state index in [9.17, 15) is 0 Å². The lowest BCUT2D eigenvalue weighted by Gasteiger charge is -2.37. The van der Waals surface area contributed by atoms with Crippen LogP contribution in [-0.4, -0.2) is 24.6 Å². The Kier molecular flexibility index (Phi) is 2.15. The van der Waals surface area contributed by atoms with E-state index < -0.39 is 0 Å².